The van der Waals surface area contributed by atoms with Crippen molar-refractivity contribution >= 4 is 27.6 Å². The van der Waals surface area contributed by atoms with E-state index in [4.69, 9.17) is 0 Å². The van der Waals surface area contributed by atoms with Crippen molar-refractivity contribution in [3.05, 3.63) is 59.9 Å². The Balaban J connectivity index is 1.93. The number of carbonyl (C=O) groups excluding carboxylic acids is 2. The maximum atomic E-state index is 13.7. The molecule has 9 heteroatoms. The summed E-state index contributed by atoms with van der Waals surface area (Å²) in [5.74, 6) is -0.162. The Bertz CT molecular complexity index is 1030. The Morgan fingerprint density at radius 1 is 1.03 bits per heavy atom. The van der Waals surface area contributed by atoms with Crippen molar-refractivity contribution < 1.29 is 18.0 Å². The predicted octanol–water partition coefficient (Wildman–Crippen LogP) is 2.48. The van der Waals surface area contributed by atoms with Crippen molar-refractivity contribution in [2.45, 2.75) is 46.3 Å². The van der Waals surface area contributed by atoms with Crippen molar-refractivity contribution in [1.29, 1.82) is 0 Å². The molecule has 1 aromatic heterocycles. The minimum atomic E-state index is -3.90. The number of rotatable bonds is 6. The smallest absolute Gasteiger partial charge is 0.304 e. The molecule has 1 aromatic carbocycles. The summed E-state index contributed by atoms with van der Waals surface area (Å²) in [7, 11) is -3.90. The van der Waals surface area contributed by atoms with E-state index < -0.39 is 10.2 Å². The molecular weight excluding hydrogens is 416 g/mol. The first kappa shape index (κ1) is 22.9. The lowest BCUT2D eigenvalue weighted by molar-refractivity contribution is -0.135. The van der Waals surface area contributed by atoms with E-state index in [9.17, 15) is 18.0 Å². The van der Waals surface area contributed by atoms with Crippen LogP contribution in [0.1, 0.15) is 43.7 Å². The number of benzene rings is 1. The molecule has 166 valence electrons. The molecular formula is C22H28N4O4S. The Hall–Kier alpha value is -2.78. The normalized spacial score (nSPS) is 19.8. The number of piperazine rings is 1. The number of carbonyl (C=O) groups is 2. The number of para-hydroxylation sites is 1. The Morgan fingerprint density at radius 3 is 2.13 bits per heavy atom. The lowest BCUT2D eigenvalue weighted by Crippen LogP contribution is -2.61. The Morgan fingerprint density at radius 2 is 1.65 bits per heavy atom. The highest BCUT2D eigenvalue weighted by atomic mass is 32.2. The molecule has 2 aromatic rings. The van der Waals surface area contributed by atoms with Crippen LogP contribution in [0.15, 0.2) is 48.7 Å². The first-order valence-electron chi connectivity index (χ1n) is 10.2. The quantitative estimate of drug-likeness (QED) is 0.639. The highest BCUT2D eigenvalue weighted by Crippen LogP contribution is 2.26. The Labute approximate surface area is 183 Å². The molecule has 0 N–H and O–H groups in total. The van der Waals surface area contributed by atoms with Gasteiger partial charge in [0.15, 0.2) is 5.78 Å². The van der Waals surface area contributed by atoms with Crippen LogP contribution in [0.4, 0.5) is 5.69 Å². The van der Waals surface area contributed by atoms with Gasteiger partial charge in [0.25, 0.3) is 0 Å². The van der Waals surface area contributed by atoms with Crippen LogP contribution in [0.25, 0.3) is 0 Å². The number of Topliss-reactive ketones (excluding diaryl/α,β-unsaturated/α-hetero) is 1. The van der Waals surface area contributed by atoms with Gasteiger partial charge in [0.2, 0.25) is 5.91 Å². The molecule has 0 radical (unpaired) electrons. The van der Waals surface area contributed by atoms with Crippen molar-refractivity contribution in [3.63, 3.8) is 0 Å². The first-order chi connectivity index (χ1) is 14.6. The number of amides is 1. The lowest BCUT2D eigenvalue weighted by Gasteiger charge is -2.44. The zero-order valence-corrected chi connectivity index (χ0v) is 19.0. The molecule has 8 nitrogen and oxygen atoms in total. The molecule has 1 aliphatic rings. The molecule has 0 spiro atoms. The van der Waals surface area contributed by atoms with Crippen LogP contribution in [0.3, 0.4) is 0 Å². The van der Waals surface area contributed by atoms with Gasteiger partial charge in [0, 0.05) is 43.9 Å². The van der Waals surface area contributed by atoms with E-state index in [0.717, 1.165) is 0 Å². The largest absolute Gasteiger partial charge is 0.335 e. The average Bonchev–Trinajstić information content (AvgIpc) is 2.72. The number of hydrogen-bond donors (Lipinski definition) is 0. The number of hydrogen-bond acceptors (Lipinski definition) is 5. The molecule has 0 unspecified atom stereocenters. The van der Waals surface area contributed by atoms with E-state index in [0.29, 0.717) is 16.9 Å². The molecule has 0 saturated carbocycles. The minimum absolute atomic E-state index is 0.0280. The summed E-state index contributed by atoms with van der Waals surface area (Å²) < 4.78 is 30.2. The molecule has 1 amide bonds. The maximum Gasteiger partial charge on any atom is 0.304 e. The molecule has 1 aliphatic heterocycles. The van der Waals surface area contributed by atoms with Gasteiger partial charge >= 0.3 is 10.2 Å². The van der Waals surface area contributed by atoms with Crippen molar-refractivity contribution in [2.24, 2.45) is 0 Å². The number of ketones is 1. The van der Waals surface area contributed by atoms with Gasteiger partial charge < -0.3 is 4.90 Å². The van der Waals surface area contributed by atoms with Gasteiger partial charge in [0.05, 0.1) is 17.9 Å². The monoisotopic (exact) mass is 444 g/mol. The number of pyridine rings is 1. The fourth-order valence-corrected chi connectivity index (χ4v) is 5.77. The molecule has 3 rings (SSSR count). The molecule has 31 heavy (non-hydrogen) atoms. The topological polar surface area (TPSA) is 90.9 Å². The molecule has 2 atom stereocenters. The third-order valence-corrected chi connectivity index (χ3v) is 7.28. The van der Waals surface area contributed by atoms with E-state index in [1.807, 2.05) is 19.9 Å². The number of anilines is 1. The molecule has 1 fully saturated rings. The van der Waals surface area contributed by atoms with E-state index in [1.54, 1.807) is 41.3 Å². The van der Waals surface area contributed by atoms with Crippen LogP contribution in [-0.4, -0.2) is 59.5 Å². The van der Waals surface area contributed by atoms with Crippen LogP contribution in [-0.2, 0) is 21.5 Å². The highest BCUT2D eigenvalue weighted by molar-refractivity contribution is 7.90. The SMILES string of the molecule is CC(=O)c1ccc(CN(c2ccccc2)S(=O)(=O)N2C[C@@H](C)N(C(C)=O)[C@@H](C)C2)nc1. The summed E-state index contributed by atoms with van der Waals surface area (Å²) in [6.07, 6.45) is 1.46. The Kier molecular flexibility index (Phi) is 6.76. The second-order valence-corrected chi connectivity index (χ2v) is 9.74. The summed E-state index contributed by atoms with van der Waals surface area (Å²) >= 11 is 0. The molecule has 2 heterocycles. The van der Waals surface area contributed by atoms with Gasteiger partial charge in [-0.3, -0.25) is 18.9 Å². The molecule has 0 aliphatic carbocycles. The third-order valence-electron chi connectivity index (χ3n) is 5.43. The molecule has 0 bridgehead atoms. The minimum Gasteiger partial charge on any atom is -0.335 e. The third kappa shape index (κ3) is 4.94. The lowest BCUT2D eigenvalue weighted by atomic mass is 10.1. The van der Waals surface area contributed by atoms with Gasteiger partial charge in [0.1, 0.15) is 0 Å². The first-order valence-corrected chi connectivity index (χ1v) is 11.6. The van der Waals surface area contributed by atoms with Gasteiger partial charge in [-0.2, -0.15) is 12.7 Å². The van der Waals surface area contributed by atoms with Crippen LogP contribution in [0.2, 0.25) is 0 Å². The van der Waals surface area contributed by atoms with Gasteiger partial charge in [-0.1, -0.05) is 18.2 Å². The van der Waals surface area contributed by atoms with E-state index >= 15 is 0 Å². The second kappa shape index (κ2) is 9.15. The zero-order valence-electron chi connectivity index (χ0n) is 18.2. The summed E-state index contributed by atoms with van der Waals surface area (Å²) in [5.41, 5.74) is 1.52. The van der Waals surface area contributed by atoms with Crippen LogP contribution < -0.4 is 4.31 Å². The van der Waals surface area contributed by atoms with Crippen LogP contribution >= 0.6 is 0 Å². The van der Waals surface area contributed by atoms with E-state index in [2.05, 4.69) is 4.98 Å². The van der Waals surface area contributed by atoms with Crippen molar-refractivity contribution in [2.75, 3.05) is 17.4 Å². The number of aromatic nitrogens is 1. The summed E-state index contributed by atoms with van der Waals surface area (Å²) in [4.78, 5) is 29.5. The predicted molar refractivity (Wildman–Crippen MR) is 119 cm³/mol. The van der Waals surface area contributed by atoms with Gasteiger partial charge in [-0.25, -0.2) is 0 Å². The average molecular weight is 445 g/mol. The van der Waals surface area contributed by atoms with E-state index in [1.165, 1.54) is 28.7 Å². The summed E-state index contributed by atoms with van der Waals surface area (Å²) in [5, 5.41) is 0. The fourth-order valence-electron chi connectivity index (χ4n) is 4.00. The summed E-state index contributed by atoms with van der Waals surface area (Å²) in [6, 6.07) is 11.7. The van der Waals surface area contributed by atoms with Crippen LogP contribution in [0.5, 0.6) is 0 Å². The van der Waals surface area contributed by atoms with Crippen molar-refractivity contribution in [1.82, 2.24) is 14.2 Å². The molecule has 1 saturated heterocycles. The van der Waals surface area contributed by atoms with Crippen LogP contribution in [0, 0.1) is 0 Å². The van der Waals surface area contributed by atoms with E-state index in [-0.39, 0.29) is 43.4 Å². The van der Waals surface area contributed by atoms with Crippen molar-refractivity contribution in [3.8, 4) is 0 Å². The summed E-state index contributed by atoms with van der Waals surface area (Å²) in [6.45, 7) is 7.13. The van der Waals surface area contributed by atoms with Gasteiger partial charge in [-0.05, 0) is 45.0 Å². The maximum absolute atomic E-state index is 13.7. The standard InChI is InChI=1S/C22H28N4O4S/c1-16-13-24(14-17(2)26(16)19(4)28)31(29,30)25(22-8-6-5-7-9-22)15-21-11-10-20(12-23-21)18(3)27/h5-12,16-17H,13-15H2,1-4H3/t16-,17+. The zero-order chi connectivity index (χ0) is 22.8. The number of nitrogens with zero attached hydrogens (tertiary/aromatic N) is 4. The second-order valence-electron chi connectivity index (χ2n) is 7.89. The van der Waals surface area contributed by atoms with Gasteiger partial charge in [-0.15, -0.1) is 0 Å². The highest BCUT2D eigenvalue weighted by Gasteiger charge is 2.39. The fraction of sp³-hybridized carbons (Fsp3) is 0.409.